The van der Waals surface area contributed by atoms with Crippen molar-refractivity contribution in [2.75, 3.05) is 20.0 Å². The summed E-state index contributed by atoms with van der Waals surface area (Å²) in [5.74, 6) is -0.0253. The molecule has 28 heavy (non-hydrogen) atoms. The van der Waals surface area contributed by atoms with Gasteiger partial charge in [-0.15, -0.1) is 0 Å². The van der Waals surface area contributed by atoms with Gasteiger partial charge in [0.15, 0.2) is 6.79 Å². The molecule has 4 nitrogen and oxygen atoms in total. The zero-order valence-corrected chi connectivity index (χ0v) is 18.9. The summed E-state index contributed by atoms with van der Waals surface area (Å²) in [4.78, 5) is 13.1. The molecule has 166 valence electrons. The third-order valence-corrected chi connectivity index (χ3v) is 5.94. The molecule has 1 saturated heterocycles. The minimum atomic E-state index is -0.312. The fourth-order valence-corrected chi connectivity index (χ4v) is 3.92. The Hall–Kier alpha value is -0.610. The van der Waals surface area contributed by atoms with Gasteiger partial charge in [-0.25, -0.2) is 0 Å². The third kappa shape index (κ3) is 11.4. The number of hydrogen-bond donors (Lipinski definition) is 0. The Morgan fingerprint density at radius 2 is 1.32 bits per heavy atom. The first kappa shape index (κ1) is 25.4. The Balaban J connectivity index is 2.56. The lowest BCUT2D eigenvalue weighted by molar-refractivity contribution is -0.171. The Bertz CT molecular complexity index is 381. The molecule has 0 aromatic carbocycles. The number of carbonyl (C=O) groups is 1. The van der Waals surface area contributed by atoms with Crippen LogP contribution >= 0.6 is 0 Å². The largest absolute Gasteiger partial charge is 0.438 e. The van der Waals surface area contributed by atoms with E-state index >= 15 is 0 Å². The van der Waals surface area contributed by atoms with E-state index in [-0.39, 0.29) is 24.3 Å². The number of unbranched alkanes of at least 4 members (excludes halogenated alkanes) is 9. The average molecular weight is 399 g/mol. The van der Waals surface area contributed by atoms with Crippen LogP contribution in [0.3, 0.4) is 0 Å². The van der Waals surface area contributed by atoms with Crippen LogP contribution in [0.2, 0.25) is 0 Å². The predicted molar refractivity (Wildman–Crippen MR) is 115 cm³/mol. The highest BCUT2D eigenvalue weighted by Gasteiger charge is 2.38. The highest BCUT2D eigenvalue weighted by molar-refractivity contribution is 5.76. The first-order valence-electron chi connectivity index (χ1n) is 12.0. The molecule has 0 bridgehead atoms. The summed E-state index contributed by atoms with van der Waals surface area (Å²) in [5.41, 5.74) is -0.312. The summed E-state index contributed by atoms with van der Waals surface area (Å²) in [6.07, 6.45) is 17.7. The van der Waals surface area contributed by atoms with E-state index < -0.39 is 0 Å². The van der Waals surface area contributed by atoms with Gasteiger partial charge < -0.3 is 14.2 Å². The van der Waals surface area contributed by atoms with E-state index in [4.69, 9.17) is 14.2 Å². The van der Waals surface area contributed by atoms with Crippen LogP contribution < -0.4 is 0 Å². The van der Waals surface area contributed by atoms with Crippen LogP contribution in [0.5, 0.6) is 0 Å². The van der Waals surface area contributed by atoms with Gasteiger partial charge in [-0.3, -0.25) is 4.79 Å². The monoisotopic (exact) mass is 398 g/mol. The molecule has 0 saturated carbocycles. The molecule has 1 heterocycles. The topological polar surface area (TPSA) is 48.1 Å². The maximum atomic E-state index is 13.1. The lowest BCUT2D eigenvalue weighted by Gasteiger charge is -2.32. The SMILES string of the molecule is CCCCCCCCC(CCCC)(CCCCCC)C(=O)OCOCC1CO1. The smallest absolute Gasteiger partial charge is 0.314 e. The van der Waals surface area contributed by atoms with Gasteiger partial charge in [0.25, 0.3) is 0 Å². The van der Waals surface area contributed by atoms with Crippen molar-refractivity contribution in [3.05, 3.63) is 0 Å². The Morgan fingerprint density at radius 1 is 0.821 bits per heavy atom. The van der Waals surface area contributed by atoms with Crippen molar-refractivity contribution in [3.8, 4) is 0 Å². The van der Waals surface area contributed by atoms with Gasteiger partial charge in [0, 0.05) is 0 Å². The molecule has 1 rings (SSSR count). The molecule has 0 radical (unpaired) electrons. The predicted octanol–water partition coefficient (Wildman–Crippen LogP) is 6.80. The third-order valence-electron chi connectivity index (χ3n) is 5.94. The number of hydrogen-bond acceptors (Lipinski definition) is 4. The lowest BCUT2D eigenvalue weighted by atomic mass is 9.74. The number of ether oxygens (including phenoxy) is 3. The maximum Gasteiger partial charge on any atom is 0.314 e. The van der Waals surface area contributed by atoms with Crippen molar-refractivity contribution in [2.24, 2.45) is 5.41 Å². The Labute approximate surface area is 174 Å². The first-order valence-corrected chi connectivity index (χ1v) is 12.0. The molecule has 0 spiro atoms. The van der Waals surface area contributed by atoms with E-state index in [1.165, 1.54) is 51.4 Å². The summed E-state index contributed by atoms with van der Waals surface area (Å²) in [6, 6.07) is 0. The molecule has 0 aliphatic carbocycles. The second-order valence-corrected chi connectivity index (χ2v) is 8.59. The first-order chi connectivity index (χ1) is 13.7. The molecule has 0 amide bonds. The van der Waals surface area contributed by atoms with Gasteiger partial charge >= 0.3 is 5.97 Å². The highest BCUT2D eigenvalue weighted by Crippen LogP contribution is 2.38. The second-order valence-electron chi connectivity index (χ2n) is 8.59. The molecular formula is C24H46O4. The number of carbonyl (C=O) groups excluding carboxylic acids is 1. The average Bonchev–Trinajstić information content (AvgIpc) is 3.53. The van der Waals surface area contributed by atoms with Gasteiger partial charge in [0.1, 0.15) is 6.10 Å². The molecule has 0 aromatic heterocycles. The van der Waals surface area contributed by atoms with Crippen LogP contribution in [-0.4, -0.2) is 32.1 Å². The van der Waals surface area contributed by atoms with Crippen LogP contribution in [0.4, 0.5) is 0 Å². The molecule has 0 N–H and O–H groups in total. The Morgan fingerprint density at radius 3 is 1.89 bits per heavy atom. The van der Waals surface area contributed by atoms with Crippen molar-refractivity contribution in [2.45, 2.75) is 123 Å². The van der Waals surface area contributed by atoms with E-state index in [0.717, 1.165) is 51.6 Å². The van der Waals surface area contributed by atoms with Gasteiger partial charge in [-0.1, -0.05) is 97.8 Å². The minimum absolute atomic E-state index is 0.0253. The molecule has 1 aliphatic heterocycles. The minimum Gasteiger partial charge on any atom is -0.438 e. The molecule has 2 unspecified atom stereocenters. The van der Waals surface area contributed by atoms with E-state index in [9.17, 15) is 4.79 Å². The van der Waals surface area contributed by atoms with Crippen molar-refractivity contribution < 1.29 is 19.0 Å². The summed E-state index contributed by atoms with van der Waals surface area (Å²) in [7, 11) is 0. The molecule has 4 heteroatoms. The summed E-state index contributed by atoms with van der Waals surface area (Å²) in [6.45, 7) is 8.05. The quantitative estimate of drug-likeness (QED) is 0.0979. The molecule has 1 fully saturated rings. The molecule has 1 aliphatic rings. The fourth-order valence-electron chi connectivity index (χ4n) is 3.92. The lowest BCUT2D eigenvalue weighted by Crippen LogP contribution is -2.34. The van der Waals surface area contributed by atoms with E-state index in [1.807, 2.05) is 0 Å². The van der Waals surface area contributed by atoms with Crippen molar-refractivity contribution in [3.63, 3.8) is 0 Å². The summed E-state index contributed by atoms with van der Waals surface area (Å²) in [5, 5.41) is 0. The van der Waals surface area contributed by atoms with Crippen LogP contribution in [0.15, 0.2) is 0 Å². The van der Waals surface area contributed by atoms with Crippen LogP contribution in [0, 0.1) is 5.41 Å². The van der Waals surface area contributed by atoms with Crippen molar-refractivity contribution in [1.29, 1.82) is 0 Å². The van der Waals surface area contributed by atoms with Crippen molar-refractivity contribution in [1.82, 2.24) is 0 Å². The van der Waals surface area contributed by atoms with Crippen LogP contribution in [0.1, 0.15) is 117 Å². The fraction of sp³-hybridized carbons (Fsp3) is 0.958. The number of epoxide rings is 1. The van der Waals surface area contributed by atoms with Crippen LogP contribution in [0.25, 0.3) is 0 Å². The molecule has 2 atom stereocenters. The summed E-state index contributed by atoms with van der Waals surface area (Å²) < 4.78 is 16.2. The molecule has 0 aromatic rings. The molecular weight excluding hydrogens is 352 g/mol. The summed E-state index contributed by atoms with van der Waals surface area (Å²) >= 11 is 0. The second kappa shape index (κ2) is 16.2. The zero-order valence-electron chi connectivity index (χ0n) is 18.9. The number of esters is 1. The van der Waals surface area contributed by atoms with Gasteiger partial charge in [0.2, 0.25) is 0 Å². The highest BCUT2D eigenvalue weighted by atomic mass is 16.7. The van der Waals surface area contributed by atoms with E-state index in [0.29, 0.717) is 6.61 Å². The van der Waals surface area contributed by atoms with E-state index in [1.54, 1.807) is 0 Å². The van der Waals surface area contributed by atoms with E-state index in [2.05, 4.69) is 20.8 Å². The van der Waals surface area contributed by atoms with Crippen molar-refractivity contribution >= 4 is 5.97 Å². The van der Waals surface area contributed by atoms with Gasteiger partial charge in [0.05, 0.1) is 18.6 Å². The Kier molecular flexibility index (Phi) is 14.7. The van der Waals surface area contributed by atoms with Gasteiger partial charge in [-0.05, 0) is 19.3 Å². The zero-order chi connectivity index (χ0) is 20.5. The van der Waals surface area contributed by atoms with Gasteiger partial charge in [-0.2, -0.15) is 0 Å². The number of rotatable bonds is 20. The maximum absolute atomic E-state index is 13.1. The standard InChI is InChI=1S/C24H46O4/c1-4-7-10-12-13-15-18-24(16-9-6-3,17-14-11-8-5-2)23(25)28-21-26-19-22-20-27-22/h22H,4-21H2,1-3H3. The van der Waals surface area contributed by atoms with Crippen LogP contribution in [-0.2, 0) is 19.0 Å². The normalized spacial score (nSPS) is 18.0.